The highest BCUT2D eigenvalue weighted by Gasteiger charge is 2.18. The molecular weight excluding hydrogens is 466 g/mol. The smallest absolute Gasteiger partial charge is 0.341 e. The molecule has 0 saturated carbocycles. The monoisotopic (exact) mass is 491 g/mol. The molecule has 0 radical (unpaired) electrons. The number of carbonyl (C=O) groups excluding carboxylic acids is 2. The van der Waals surface area contributed by atoms with Crippen LogP contribution < -0.4 is 4.74 Å². The van der Waals surface area contributed by atoms with Crippen LogP contribution in [-0.2, 0) is 21.8 Å². The van der Waals surface area contributed by atoms with Crippen molar-refractivity contribution in [1.29, 1.82) is 0 Å². The first-order valence-corrected chi connectivity index (χ1v) is 11.9. The van der Waals surface area contributed by atoms with Gasteiger partial charge in [0.1, 0.15) is 16.5 Å². The molecule has 0 bridgehead atoms. The molecule has 1 amide bonds. The van der Waals surface area contributed by atoms with E-state index in [1.807, 2.05) is 49.4 Å². The van der Waals surface area contributed by atoms with Crippen molar-refractivity contribution in [2.24, 2.45) is 0 Å². The van der Waals surface area contributed by atoms with Gasteiger partial charge in [0.05, 0.1) is 18.4 Å². The number of methoxy groups -OCH3 is 1. The fraction of sp³-hybridized carbons (Fsp3) is 0.231. The van der Waals surface area contributed by atoms with E-state index in [0.717, 1.165) is 27.8 Å². The van der Waals surface area contributed by atoms with Crippen LogP contribution in [0.3, 0.4) is 0 Å². The molecular formula is C26H25N3O5S. The van der Waals surface area contributed by atoms with Crippen molar-refractivity contribution in [3.63, 3.8) is 0 Å². The zero-order valence-corrected chi connectivity index (χ0v) is 20.5. The number of likely N-dealkylation sites (N-methyl/N-ethyl adjacent to an activating group) is 1. The SMILES string of the molecule is COc1ccc2cc(CN(C)C(=O)COC(=O)c3cccnc3SCc3cc(C)on3)ccc2c1. The van der Waals surface area contributed by atoms with E-state index in [1.54, 1.807) is 32.5 Å². The van der Waals surface area contributed by atoms with Gasteiger partial charge < -0.3 is 18.9 Å². The van der Waals surface area contributed by atoms with Crippen LogP contribution in [0.25, 0.3) is 10.8 Å². The molecule has 2 aromatic heterocycles. The lowest BCUT2D eigenvalue weighted by atomic mass is 10.1. The van der Waals surface area contributed by atoms with Crippen LogP contribution in [0.2, 0.25) is 0 Å². The standard InChI is InChI=1S/C26H25N3O5S/c1-17-11-21(28-34-17)16-35-25-23(5-4-10-27-25)26(31)33-15-24(30)29(2)14-18-6-7-20-13-22(32-3)9-8-19(20)12-18/h4-13H,14-16H2,1-3H3. The highest BCUT2D eigenvalue weighted by molar-refractivity contribution is 7.98. The van der Waals surface area contributed by atoms with Crippen molar-refractivity contribution in [1.82, 2.24) is 15.0 Å². The van der Waals surface area contributed by atoms with Gasteiger partial charge in [0, 0.05) is 31.6 Å². The summed E-state index contributed by atoms with van der Waals surface area (Å²) in [5, 5.41) is 6.56. The van der Waals surface area contributed by atoms with Gasteiger partial charge in [-0.1, -0.05) is 35.1 Å². The average Bonchev–Trinajstić information content (AvgIpc) is 3.30. The van der Waals surface area contributed by atoms with E-state index in [9.17, 15) is 9.59 Å². The Hall–Kier alpha value is -3.85. The molecule has 9 heteroatoms. The fourth-order valence-corrected chi connectivity index (χ4v) is 4.33. The Kier molecular flexibility index (Phi) is 7.67. The molecule has 0 spiro atoms. The van der Waals surface area contributed by atoms with Crippen LogP contribution in [0, 0.1) is 6.92 Å². The second-order valence-electron chi connectivity index (χ2n) is 7.95. The summed E-state index contributed by atoms with van der Waals surface area (Å²) in [6, 6.07) is 16.9. The molecule has 0 aliphatic heterocycles. The number of aryl methyl sites for hydroxylation is 1. The normalized spacial score (nSPS) is 10.8. The molecule has 0 aliphatic carbocycles. The van der Waals surface area contributed by atoms with Gasteiger partial charge in [-0.3, -0.25) is 4.79 Å². The average molecular weight is 492 g/mol. The Labute approximate surface area is 207 Å². The number of benzene rings is 2. The summed E-state index contributed by atoms with van der Waals surface area (Å²) in [5.41, 5.74) is 2.03. The third-order valence-electron chi connectivity index (χ3n) is 5.31. The Bertz CT molecular complexity index is 1350. The number of thioether (sulfide) groups is 1. The molecule has 0 fully saturated rings. The van der Waals surface area contributed by atoms with Gasteiger partial charge in [0.2, 0.25) is 0 Å². The van der Waals surface area contributed by atoms with E-state index >= 15 is 0 Å². The Morgan fingerprint density at radius 2 is 1.89 bits per heavy atom. The molecule has 0 saturated heterocycles. The maximum atomic E-state index is 12.7. The predicted octanol–water partition coefficient (Wildman–Crippen LogP) is 4.65. The summed E-state index contributed by atoms with van der Waals surface area (Å²) in [5.74, 6) is 1.10. The molecule has 4 aromatic rings. The molecule has 180 valence electrons. The maximum Gasteiger partial charge on any atom is 0.341 e. The highest BCUT2D eigenvalue weighted by Crippen LogP contribution is 2.25. The van der Waals surface area contributed by atoms with E-state index in [-0.39, 0.29) is 12.5 Å². The number of hydrogen-bond acceptors (Lipinski definition) is 8. The van der Waals surface area contributed by atoms with E-state index in [4.69, 9.17) is 14.0 Å². The third-order valence-corrected chi connectivity index (χ3v) is 6.35. The largest absolute Gasteiger partial charge is 0.497 e. The van der Waals surface area contributed by atoms with Gasteiger partial charge in [-0.05, 0) is 53.6 Å². The van der Waals surface area contributed by atoms with Crippen LogP contribution in [0.5, 0.6) is 5.75 Å². The zero-order valence-electron chi connectivity index (χ0n) is 19.7. The molecule has 0 aliphatic rings. The Morgan fingerprint density at radius 3 is 2.66 bits per heavy atom. The molecule has 35 heavy (non-hydrogen) atoms. The number of nitrogens with zero attached hydrogens (tertiary/aromatic N) is 3. The van der Waals surface area contributed by atoms with Gasteiger partial charge in [0.25, 0.3) is 5.91 Å². The lowest BCUT2D eigenvalue weighted by Crippen LogP contribution is -2.30. The number of carbonyl (C=O) groups is 2. The van der Waals surface area contributed by atoms with Gasteiger partial charge in [-0.25, -0.2) is 9.78 Å². The summed E-state index contributed by atoms with van der Waals surface area (Å²) < 4.78 is 15.6. The minimum absolute atomic E-state index is 0.302. The number of fused-ring (bicyclic) bond motifs is 1. The van der Waals surface area contributed by atoms with E-state index in [2.05, 4.69) is 10.1 Å². The summed E-state index contributed by atoms with van der Waals surface area (Å²) in [4.78, 5) is 31.1. The topological polar surface area (TPSA) is 94.8 Å². The first-order valence-electron chi connectivity index (χ1n) is 10.9. The first-order chi connectivity index (χ1) is 16.9. The second-order valence-corrected chi connectivity index (χ2v) is 8.91. The van der Waals surface area contributed by atoms with E-state index < -0.39 is 5.97 Å². The number of pyridine rings is 1. The number of hydrogen-bond donors (Lipinski definition) is 0. The molecule has 0 N–H and O–H groups in total. The van der Waals surface area contributed by atoms with Crippen LogP contribution in [0.15, 0.2) is 70.3 Å². The van der Waals surface area contributed by atoms with Gasteiger partial charge in [0.15, 0.2) is 6.61 Å². The van der Waals surface area contributed by atoms with Crippen LogP contribution in [-0.4, -0.2) is 47.7 Å². The zero-order chi connectivity index (χ0) is 24.8. The Morgan fingerprint density at radius 1 is 1.09 bits per heavy atom. The molecule has 8 nitrogen and oxygen atoms in total. The molecule has 0 unspecified atom stereocenters. The molecule has 0 atom stereocenters. The van der Waals surface area contributed by atoms with Gasteiger partial charge >= 0.3 is 5.97 Å². The van der Waals surface area contributed by atoms with Crippen molar-refractivity contribution in [2.45, 2.75) is 24.2 Å². The van der Waals surface area contributed by atoms with E-state index in [1.165, 1.54) is 16.7 Å². The fourth-order valence-electron chi connectivity index (χ4n) is 3.47. The van der Waals surface area contributed by atoms with Crippen molar-refractivity contribution < 1.29 is 23.6 Å². The van der Waals surface area contributed by atoms with Crippen molar-refractivity contribution >= 4 is 34.4 Å². The number of rotatable bonds is 9. The third kappa shape index (κ3) is 6.19. The highest BCUT2D eigenvalue weighted by atomic mass is 32.2. The molecule has 2 heterocycles. The summed E-state index contributed by atoms with van der Waals surface area (Å²) >= 11 is 1.35. The van der Waals surface area contributed by atoms with E-state index in [0.29, 0.717) is 28.6 Å². The quantitative estimate of drug-likeness (QED) is 0.247. The minimum Gasteiger partial charge on any atom is -0.497 e. The number of ether oxygens (including phenoxy) is 2. The maximum absolute atomic E-state index is 12.7. The lowest BCUT2D eigenvalue weighted by Gasteiger charge is -2.18. The summed E-state index contributed by atoms with van der Waals surface area (Å²) in [7, 11) is 3.32. The molecule has 2 aromatic carbocycles. The lowest BCUT2D eigenvalue weighted by molar-refractivity contribution is -0.133. The van der Waals surface area contributed by atoms with Crippen molar-refractivity contribution in [3.8, 4) is 5.75 Å². The minimum atomic E-state index is -0.599. The van der Waals surface area contributed by atoms with Crippen molar-refractivity contribution in [3.05, 3.63) is 83.4 Å². The van der Waals surface area contributed by atoms with Gasteiger partial charge in [-0.15, -0.1) is 0 Å². The number of esters is 1. The Balaban J connectivity index is 1.33. The first kappa shape index (κ1) is 24.3. The number of amides is 1. The summed E-state index contributed by atoms with van der Waals surface area (Å²) in [6.45, 7) is 1.85. The van der Waals surface area contributed by atoms with Crippen LogP contribution >= 0.6 is 11.8 Å². The van der Waals surface area contributed by atoms with Crippen molar-refractivity contribution in [2.75, 3.05) is 20.8 Å². The van der Waals surface area contributed by atoms with Crippen LogP contribution in [0.4, 0.5) is 0 Å². The second kappa shape index (κ2) is 11.1. The number of aromatic nitrogens is 2. The summed E-state index contributed by atoms with van der Waals surface area (Å²) in [6.07, 6.45) is 1.60. The van der Waals surface area contributed by atoms with Crippen LogP contribution in [0.1, 0.15) is 27.4 Å². The molecule has 4 rings (SSSR count). The predicted molar refractivity (Wildman–Crippen MR) is 132 cm³/mol. The van der Waals surface area contributed by atoms with Gasteiger partial charge in [-0.2, -0.15) is 0 Å².